The van der Waals surface area contributed by atoms with E-state index < -0.39 is 0 Å². The van der Waals surface area contributed by atoms with Crippen LogP contribution < -0.4 is 5.32 Å². The lowest BCUT2D eigenvalue weighted by Crippen LogP contribution is -2.40. The van der Waals surface area contributed by atoms with E-state index in [1.807, 2.05) is 24.4 Å². The van der Waals surface area contributed by atoms with Crippen LogP contribution in [0.5, 0.6) is 0 Å². The molecule has 0 bridgehead atoms. The van der Waals surface area contributed by atoms with Crippen LogP contribution in [0.3, 0.4) is 0 Å². The summed E-state index contributed by atoms with van der Waals surface area (Å²) in [4.78, 5) is 28.2. The highest BCUT2D eigenvalue weighted by Crippen LogP contribution is 2.18. The summed E-state index contributed by atoms with van der Waals surface area (Å²) in [6.07, 6.45) is 4.28. The van der Waals surface area contributed by atoms with E-state index >= 15 is 0 Å². The third kappa shape index (κ3) is 3.97. The monoisotopic (exact) mass is 299 g/mol. The van der Waals surface area contributed by atoms with Gasteiger partial charge in [0.15, 0.2) is 0 Å². The van der Waals surface area contributed by atoms with E-state index in [0.29, 0.717) is 19.5 Å². The van der Waals surface area contributed by atoms with Crippen LogP contribution in [0.4, 0.5) is 0 Å². The molecule has 5 nitrogen and oxygen atoms in total. The van der Waals surface area contributed by atoms with E-state index in [4.69, 9.17) is 0 Å². The number of hydrogen-bond donors (Lipinski definition) is 2. The van der Waals surface area contributed by atoms with Crippen molar-refractivity contribution in [2.75, 3.05) is 19.6 Å². The van der Waals surface area contributed by atoms with Crippen molar-refractivity contribution in [3.8, 4) is 0 Å². The Bertz CT molecular complexity index is 675. The molecule has 1 heterocycles. The highest BCUT2D eigenvalue weighted by atomic mass is 16.2. The van der Waals surface area contributed by atoms with E-state index in [9.17, 15) is 9.59 Å². The van der Waals surface area contributed by atoms with Crippen LogP contribution in [0.2, 0.25) is 0 Å². The average molecular weight is 299 g/mol. The minimum Gasteiger partial charge on any atom is -0.361 e. The van der Waals surface area contributed by atoms with Gasteiger partial charge < -0.3 is 15.2 Å². The molecular formula is C17H21N3O2. The molecule has 0 saturated heterocycles. The second-order valence-electron chi connectivity index (χ2n) is 5.14. The summed E-state index contributed by atoms with van der Waals surface area (Å²) >= 11 is 0. The molecule has 0 atom stereocenters. The number of aromatic nitrogens is 1. The van der Waals surface area contributed by atoms with Gasteiger partial charge in [0, 0.05) is 37.1 Å². The van der Waals surface area contributed by atoms with Crippen molar-refractivity contribution in [1.29, 1.82) is 0 Å². The van der Waals surface area contributed by atoms with Crippen LogP contribution in [0.1, 0.15) is 12.5 Å². The van der Waals surface area contributed by atoms with Gasteiger partial charge in [-0.1, -0.05) is 24.3 Å². The second kappa shape index (κ2) is 7.45. The fourth-order valence-corrected chi connectivity index (χ4v) is 2.36. The Morgan fingerprint density at radius 3 is 2.86 bits per heavy atom. The number of H-pyrrole nitrogens is 1. The number of hydrogen-bond acceptors (Lipinski definition) is 2. The molecule has 0 unspecified atom stereocenters. The van der Waals surface area contributed by atoms with Gasteiger partial charge in [-0.15, -0.1) is 6.58 Å². The molecule has 22 heavy (non-hydrogen) atoms. The van der Waals surface area contributed by atoms with Gasteiger partial charge in [0.05, 0.1) is 6.54 Å². The molecule has 0 aliphatic rings. The Kier molecular flexibility index (Phi) is 5.36. The maximum atomic E-state index is 11.7. The van der Waals surface area contributed by atoms with E-state index in [1.54, 1.807) is 11.0 Å². The molecule has 0 fully saturated rings. The van der Waals surface area contributed by atoms with Crippen LogP contribution >= 0.6 is 0 Å². The Balaban J connectivity index is 1.98. The third-order valence-electron chi connectivity index (χ3n) is 3.55. The molecule has 2 aromatic rings. The van der Waals surface area contributed by atoms with Crippen molar-refractivity contribution < 1.29 is 9.59 Å². The first kappa shape index (κ1) is 15.8. The second-order valence-corrected chi connectivity index (χ2v) is 5.14. The number of fused-ring (bicyclic) bond motifs is 1. The number of nitrogens with zero attached hydrogens (tertiary/aromatic N) is 1. The first-order valence-electron chi connectivity index (χ1n) is 7.30. The number of aromatic amines is 1. The fraction of sp³-hybridized carbons (Fsp3) is 0.294. The number of para-hydroxylation sites is 1. The van der Waals surface area contributed by atoms with Gasteiger partial charge in [0.1, 0.15) is 0 Å². The van der Waals surface area contributed by atoms with Gasteiger partial charge >= 0.3 is 0 Å². The lowest BCUT2D eigenvalue weighted by atomic mass is 10.1. The van der Waals surface area contributed by atoms with Crippen LogP contribution in [-0.4, -0.2) is 41.3 Å². The molecule has 5 heteroatoms. The van der Waals surface area contributed by atoms with Crippen molar-refractivity contribution in [2.45, 2.75) is 13.3 Å². The van der Waals surface area contributed by atoms with E-state index in [-0.39, 0.29) is 18.4 Å². The zero-order valence-electron chi connectivity index (χ0n) is 12.8. The zero-order valence-corrected chi connectivity index (χ0v) is 12.8. The Labute approximate surface area is 130 Å². The normalized spacial score (nSPS) is 10.4. The van der Waals surface area contributed by atoms with Gasteiger partial charge in [-0.05, 0) is 18.1 Å². The highest BCUT2D eigenvalue weighted by molar-refractivity contribution is 5.84. The fourth-order valence-electron chi connectivity index (χ4n) is 2.36. The van der Waals surface area contributed by atoms with Crippen molar-refractivity contribution >= 4 is 22.7 Å². The summed E-state index contributed by atoms with van der Waals surface area (Å²) in [6.45, 7) is 6.03. The summed E-state index contributed by atoms with van der Waals surface area (Å²) in [7, 11) is 0. The van der Waals surface area contributed by atoms with Crippen LogP contribution in [-0.2, 0) is 16.0 Å². The van der Waals surface area contributed by atoms with Crippen molar-refractivity contribution in [1.82, 2.24) is 15.2 Å². The molecule has 2 N–H and O–H groups in total. The molecule has 1 aromatic carbocycles. The van der Waals surface area contributed by atoms with Gasteiger partial charge in [0.25, 0.3) is 0 Å². The topological polar surface area (TPSA) is 65.2 Å². The Morgan fingerprint density at radius 1 is 1.36 bits per heavy atom. The molecule has 2 amide bonds. The third-order valence-corrected chi connectivity index (χ3v) is 3.55. The quantitative estimate of drug-likeness (QED) is 0.766. The Morgan fingerprint density at radius 2 is 2.14 bits per heavy atom. The van der Waals surface area contributed by atoms with Crippen LogP contribution in [0.25, 0.3) is 10.9 Å². The van der Waals surface area contributed by atoms with Crippen molar-refractivity contribution in [2.24, 2.45) is 0 Å². The minimum absolute atomic E-state index is 0.0749. The molecule has 0 aliphatic heterocycles. The molecule has 116 valence electrons. The average Bonchev–Trinajstić information content (AvgIpc) is 2.92. The minimum atomic E-state index is -0.172. The molecule has 2 rings (SSSR count). The van der Waals surface area contributed by atoms with E-state index in [0.717, 1.165) is 16.5 Å². The summed E-state index contributed by atoms with van der Waals surface area (Å²) in [5, 5.41) is 3.84. The molecular weight excluding hydrogens is 278 g/mol. The maximum Gasteiger partial charge on any atom is 0.239 e. The molecule has 1 aromatic heterocycles. The van der Waals surface area contributed by atoms with Gasteiger partial charge in [0.2, 0.25) is 11.8 Å². The van der Waals surface area contributed by atoms with Gasteiger partial charge in [-0.3, -0.25) is 9.59 Å². The number of carbonyl (C=O) groups is 2. The number of nitrogens with one attached hydrogen (secondary N) is 2. The summed E-state index contributed by atoms with van der Waals surface area (Å²) < 4.78 is 0. The first-order valence-corrected chi connectivity index (χ1v) is 7.30. The number of benzene rings is 1. The number of rotatable bonds is 7. The molecule has 0 saturated carbocycles. The SMILES string of the molecule is C=CCNC(=O)CN(CCc1c[nH]c2ccccc12)C(C)=O. The zero-order chi connectivity index (χ0) is 15.9. The predicted octanol–water partition coefficient (Wildman–Crippen LogP) is 1.86. The summed E-state index contributed by atoms with van der Waals surface area (Å²) in [6, 6.07) is 8.04. The highest BCUT2D eigenvalue weighted by Gasteiger charge is 2.14. The smallest absolute Gasteiger partial charge is 0.239 e. The first-order chi connectivity index (χ1) is 10.6. The predicted molar refractivity (Wildman–Crippen MR) is 87.5 cm³/mol. The van der Waals surface area contributed by atoms with Crippen molar-refractivity contribution in [3.63, 3.8) is 0 Å². The van der Waals surface area contributed by atoms with Gasteiger partial charge in [-0.2, -0.15) is 0 Å². The van der Waals surface area contributed by atoms with Gasteiger partial charge in [-0.25, -0.2) is 0 Å². The van der Waals surface area contributed by atoms with Crippen LogP contribution in [0.15, 0.2) is 43.1 Å². The number of amides is 2. The lowest BCUT2D eigenvalue weighted by molar-refractivity contribution is -0.134. The van der Waals surface area contributed by atoms with E-state index in [2.05, 4.69) is 22.9 Å². The molecule has 0 radical (unpaired) electrons. The lowest BCUT2D eigenvalue weighted by Gasteiger charge is -2.20. The largest absolute Gasteiger partial charge is 0.361 e. The summed E-state index contributed by atoms with van der Waals surface area (Å²) in [5.74, 6) is -0.275. The number of carbonyl (C=O) groups excluding carboxylic acids is 2. The van der Waals surface area contributed by atoms with E-state index in [1.165, 1.54) is 6.92 Å². The molecule has 0 aliphatic carbocycles. The standard InChI is InChI=1S/C17H21N3O2/c1-3-9-18-17(22)12-20(13(2)21)10-8-14-11-19-16-7-5-4-6-15(14)16/h3-7,11,19H,1,8-10,12H2,2H3,(H,18,22). The maximum absolute atomic E-state index is 11.7. The summed E-state index contributed by atoms with van der Waals surface area (Å²) in [5.41, 5.74) is 2.23. The van der Waals surface area contributed by atoms with Crippen molar-refractivity contribution in [3.05, 3.63) is 48.7 Å². The van der Waals surface area contributed by atoms with Crippen LogP contribution in [0, 0.1) is 0 Å². The Hall–Kier alpha value is -2.56. The molecule has 0 spiro atoms.